The van der Waals surface area contributed by atoms with E-state index in [-0.39, 0.29) is 0 Å². The van der Waals surface area contributed by atoms with E-state index in [1.165, 1.54) is 18.9 Å². The van der Waals surface area contributed by atoms with Gasteiger partial charge in [0.25, 0.3) is 0 Å². The predicted molar refractivity (Wildman–Crippen MR) is 86.0 cm³/mol. The minimum Gasteiger partial charge on any atom is -0.478 e. The maximum Gasteiger partial charge on any atom is 0.328 e. The molecule has 0 radical (unpaired) electrons. The van der Waals surface area contributed by atoms with E-state index in [9.17, 15) is 4.79 Å². The third-order valence-corrected chi connectivity index (χ3v) is 3.90. The molecule has 0 aliphatic heterocycles. The first-order valence-electron chi connectivity index (χ1n) is 7.05. The highest BCUT2D eigenvalue weighted by Crippen LogP contribution is 2.34. The van der Waals surface area contributed by atoms with Crippen molar-refractivity contribution < 1.29 is 9.90 Å². The smallest absolute Gasteiger partial charge is 0.328 e. The number of carboxylic acid groups (broad SMARTS) is 1. The lowest BCUT2D eigenvalue weighted by Gasteiger charge is -2.26. The first-order valence-corrected chi connectivity index (χ1v) is 7.85. The van der Waals surface area contributed by atoms with Crippen LogP contribution in [-0.2, 0) is 4.79 Å². The molecule has 0 heterocycles. The van der Waals surface area contributed by atoms with Gasteiger partial charge in [0.2, 0.25) is 0 Å². The minimum atomic E-state index is -0.914. The summed E-state index contributed by atoms with van der Waals surface area (Å²) in [7, 11) is 0. The number of hydrogen-bond acceptors (Lipinski definition) is 2. The standard InChI is InChI=1S/C16H20BrNO2/c1-2-9-18(11-12-3-4-12)15-10-14(17)7-5-13(15)6-8-16(19)20/h5-8,10,12H,2-4,9,11H2,1H3,(H,19,20). The molecule has 0 saturated heterocycles. The monoisotopic (exact) mass is 337 g/mol. The van der Waals surface area contributed by atoms with E-state index in [4.69, 9.17) is 5.11 Å². The average Bonchev–Trinajstić information content (AvgIpc) is 3.20. The second kappa shape index (κ2) is 6.93. The molecule has 2 rings (SSSR count). The Balaban J connectivity index is 2.29. The number of aliphatic carboxylic acids is 1. The SMILES string of the molecule is CCCN(CC1CC1)c1cc(Br)ccc1C=CC(=O)O. The molecule has 1 N–H and O–H groups in total. The van der Waals surface area contributed by atoms with Crippen molar-refractivity contribution in [1.82, 2.24) is 0 Å². The van der Waals surface area contributed by atoms with E-state index in [1.807, 2.05) is 12.1 Å². The Morgan fingerprint density at radius 1 is 1.50 bits per heavy atom. The molecule has 3 nitrogen and oxygen atoms in total. The van der Waals surface area contributed by atoms with E-state index >= 15 is 0 Å². The number of benzene rings is 1. The van der Waals surface area contributed by atoms with E-state index in [0.29, 0.717) is 0 Å². The van der Waals surface area contributed by atoms with Crippen molar-refractivity contribution in [2.75, 3.05) is 18.0 Å². The quantitative estimate of drug-likeness (QED) is 0.759. The number of anilines is 1. The van der Waals surface area contributed by atoms with Crippen molar-refractivity contribution in [3.8, 4) is 0 Å². The lowest BCUT2D eigenvalue weighted by molar-refractivity contribution is -0.131. The van der Waals surface area contributed by atoms with Crippen molar-refractivity contribution >= 4 is 33.7 Å². The van der Waals surface area contributed by atoms with Crippen molar-refractivity contribution in [1.29, 1.82) is 0 Å². The first-order chi connectivity index (χ1) is 9.60. The first kappa shape index (κ1) is 15.1. The summed E-state index contributed by atoms with van der Waals surface area (Å²) in [6, 6.07) is 6.00. The molecule has 108 valence electrons. The van der Waals surface area contributed by atoms with Crippen LogP contribution >= 0.6 is 15.9 Å². The number of rotatable bonds is 7. The molecular weight excluding hydrogens is 318 g/mol. The largest absolute Gasteiger partial charge is 0.478 e. The summed E-state index contributed by atoms with van der Waals surface area (Å²) in [5.74, 6) is -0.111. The summed E-state index contributed by atoms with van der Waals surface area (Å²) in [6.45, 7) is 4.24. The summed E-state index contributed by atoms with van der Waals surface area (Å²) in [6.07, 6.45) is 6.60. The van der Waals surface area contributed by atoms with Crippen LogP contribution in [0.3, 0.4) is 0 Å². The molecule has 0 unspecified atom stereocenters. The van der Waals surface area contributed by atoms with Gasteiger partial charge in [-0.05, 0) is 49.0 Å². The Labute approximate surface area is 128 Å². The Hall–Kier alpha value is -1.29. The van der Waals surface area contributed by atoms with Gasteiger partial charge < -0.3 is 10.0 Å². The summed E-state index contributed by atoms with van der Waals surface area (Å²) in [5.41, 5.74) is 2.08. The summed E-state index contributed by atoms with van der Waals surface area (Å²) < 4.78 is 1.02. The average molecular weight is 338 g/mol. The number of carboxylic acids is 1. The van der Waals surface area contributed by atoms with Gasteiger partial charge in [-0.1, -0.05) is 28.9 Å². The topological polar surface area (TPSA) is 40.5 Å². The van der Waals surface area contributed by atoms with Crippen molar-refractivity contribution in [2.24, 2.45) is 5.92 Å². The van der Waals surface area contributed by atoms with Gasteiger partial charge in [-0.25, -0.2) is 4.79 Å². The van der Waals surface area contributed by atoms with Crippen molar-refractivity contribution in [2.45, 2.75) is 26.2 Å². The molecule has 1 fully saturated rings. The molecule has 4 heteroatoms. The Morgan fingerprint density at radius 2 is 2.25 bits per heavy atom. The zero-order chi connectivity index (χ0) is 14.5. The van der Waals surface area contributed by atoms with E-state index in [2.05, 4.69) is 33.8 Å². The van der Waals surface area contributed by atoms with Crippen LogP contribution in [0.4, 0.5) is 5.69 Å². The number of hydrogen-bond donors (Lipinski definition) is 1. The molecule has 0 atom stereocenters. The molecule has 1 saturated carbocycles. The molecule has 0 amide bonds. The third-order valence-electron chi connectivity index (χ3n) is 3.41. The van der Waals surface area contributed by atoms with Crippen molar-refractivity contribution in [3.63, 3.8) is 0 Å². The highest BCUT2D eigenvalue weighted by molar-refractivity contribution is 9.10. The molecular formula is C16H20BrNO2. The maximum absolute atomic E-state index is 10.7. The van der Waals surface area contributed by atoms with Crippen LogP contribution in [0.5, 0.6) is 0 Å². The summed E-state index contributed by atoms with van der Waals surface area (Å²) in [5, 5.41) is 8.81. The van der Waals surface area contributed by atoms with E-state index < -0.39 is 5.97 Å². The van der Waals surface area contributed by atoms with Crippen LogP contribution < -0.4 is 4.90 Å². The van der Waals surface area contributed by atoms with E-state index in [0.717, 1.165) is 41.2 Å². The highest BCUT2D eigenvalue weighted by Gasteiger charge is 2.25. The number of nitrogens with zero attached hydrogens (tertiary/aromatic N) is 1. The molecule has 1 aromatic carbocycles. The van der Waals surface area contributed by atoms with Gasteiger partial charge >= 0.3 is 5.97 Å². The van der Waals surface area contributed by atoms with Gasteiger partial charge in [0, 0.05) is 29.3 Å². The van der Waals surface area contributed by atoms with Crippen LogP contribution in [0.15, 0.2) is 28.7 Å². The fourth-order valence-corrected chi connectivity index (χ4v) is 2.63. The van der Waals surface area contributed by atoms with Crippen LogP contribution in [0.25, 0.3) is 6.08 Å². The zero-order valence-electron chi connectivity index (χ0n) is 11.7. The molecule has 1 aromatic rings. The number of carbonyl (C=O) groups is 1. The fourth-order valence-electron chi connectivity index (χ4n) is 2.28. The predicted octanol–water partition coefficient (Wildman–Crippen LogP) is 4.17. The summed E-state index contributed by atoms with van der Waals surface area (Å²) >= 11 is 3.51. The second-order valence-electron chi connectivity index (χ2n) is 5.26. The van der Waals surface area contributed by atoms with Crippen LogP contribution in [0, 0.1) is 5.92 Å². The van der Waals surface area contributed by atoms with Gasteiger partial charge in [-0.15, -0.1) is 0 Å². The van der Waals surface area contributed by atoms with Gasteiger partial charge in [-0.3, -0.25) is 0 Å². The van der Waals surface area contributed by atoms with E-state index in [1.54, 1.807) is 6.08 Å². The van der Waals surface area contributed by atoms with Gasteiger partial charge in [-0.2, -0.15) is 0 Å². The van der Waals surface area contributed by atoms with Crippen LogP contribution in [0.2, 0.25) is 0 Å². The third kappa shape index (κ3) is 4.37. The summed E-state index contributed by atoms with van der Waals surface area (Å²) in [4.78, 5) is 13.1. The Bertz CT molecular complexity index is 509. The molecule has 0 bridgehead atoms. The Kier molecular flexibility index (Phi) is 5.24. The Morgan fingerprint density at radius 3 is 2.85 bits per heavy atom. The minimum absolute atomic E-state index is 0.803. The lowest BCUT2D eigenvalue weighted by atomic mass is 10.1. The zero-order valence-corrected chi connectivity index (χ0v) is 13.3. The second-order valence-corrected chi connectivity index (χ2v) is 6.18. The molecule has 0 spiro atoms. The van der Waals surface area contributed by atoms with Gasteiger partial charge in [0.15, 0.2) is 0 Å². The van der Waals surface area contributed by atoms with Crippen LogP contribution in [-0.4, -0.2) is 24.2 Å². The van der Waals surface area contributed by atoms with Crippen molar-refractivity contribution in [3.05, 3.63) is 34.3 Å². The van der Waals surface area contributed by atoms with Gasteiger partial charge in [0.05, 0.1) is 0 Å². The molecule has 1 aliphatic carbocycles. The molecule has 20 heavy (non-hydrogen) atoms. The maximum atomic E-state index is 10.7. The molecule has 1 aliphatic rings. The lowest BCUT2D eigenvalue weighted by Crippen LogP contribution is -2.27. The molecule has 0 aromatic heterocycles. The fraction of sp³-hybridized carbons (Fsp3) is 0.438. The highest BCUT2D eigenvalue weighted by atomic mass is 79.9. The van der Waals surface area contributed by atoms with Gasteiger partial charge in [0.1, 0.15) is 0 Å². The normalized spacial score (nSPS) is 14.7. The number of halogens is 1. The van der Waals surface area contributed by atoms with Crippen LogP contribution in [0.1, 0.15) is 31.7 Å².